The van der Waals surface area contributed by atoms with Crippen LogP contribution < -0.4 is 19.8 Å². The molecule has 0 saturated heterocycles. The van der Waals surface area contributed by atoms with Gasteiger partial charge >= 0.3 is 5.97 Å². The summed E-state index contributed by atoms with van der Waals surface area (Å²) in [5.41, 5.74) is 3.65. The van der Waals surface area contributed by atoms with Gasteiger partial charge in [0.15, 0.2) is 4.80 Å². The third kappa shape index (κ3) is 5.23. The molecule has 0 amide bonds. The molecule has 0 N–H and O–H groups in total. The molecule has 0 fully saturated rings. The van der Waals surface area contributed by atoms with Crippen LogP contribution in [0.25, 0.3) is 17.4 Å². The Morgan fingerprint density at radius 2 is 1.90 bits per heavy atom. The van der Waals surface area contributed by atoms with E-state index < -0.39 is 16.9 Å². The van der Waals surface area contributed by atoms with Gasteiger partial charge in [-0.2, -0.15) is 0 Å². The lowest BCUT2D eigenvalue weighted by molar-refractivity contribution is -0.384. The molecule has 0 bridgehead atoms. The molecule has 1 atom stereocenters. The first kappa shape index (κ1) is 27.8. The number of anilines is 1. The maximum atomic E-state index is 13.8. The molecular formula is C30H28N4O6S. The van der Waals surface area contributed by atoms with Crippen molar-refractivity contribution in [1.82, 2.24) is 4.57 Å². The monoisotopic (exact) mass is 572 g/mol. The number of rotatable bonds is 7. The van der Waals surface area contributed by atoms with E-state index >= 15 is 0 Å². The Hall–Kier alpha value is -4.77. The lowest BCUT2D eigenvalue weighted by atomic mass is 9.95. The summed E-state index contributed by atoms with van der Waals surface area (Å²) >= 11 is 1.21. The molecule has 2 aromatic heterocycles. The number of hydrogen-bond donors (Lipinski definition) is 0. The number of aromatic nitrogens is 1. The van der Waals surface area contributed by atoms with Crippen molar-refractivity contribution >= 4 is 34.8 Å². The Balaban J connectivity index is 1.60. The number of furan rings is 1. The predicted octanol–water partition coefficient (Wildman–Crippen LogP) is 4.34. The number of nitrogens with zero attached hydrogens (tertiary/aromatic N) is 4. The highest BCUT2D eigenvalue weighted by atomic mass is 32.1. The number of aryl methyl sites for hydroxylation is 1. The van der Waals surface area contributed by atoms with Crippen LogP contribution in [0.5, 0.6) is 0 Å². The number of nitro groups is 1. The number of fused-ring (bicyclic) bond motifs is 1. The van der Waals surface area contributed by atoms with E-state index in [4.69, 9.17) is 9.15 Å². The molecule has 10 nitrogen and oxygen atoms in total. The van der Waals surface area contributed by atoms with Crippen molar-refractivity contribution in [3.05, 3.63) is 113 Å². The molecular weight excluding hydrogens is 544 g/mol. The van der Waals surface area contributed by atoms with Crippen molar-refractivity contribution < 1.29 is 18.9 Å². The molecule has 41 heavy (non-hydrogen) atoms. The van der Waals surface area contributed by atoms with Crippen LogP contribution in [-0.2, 0) is 9.53 Å². The van der Waals surface area contributed by atoms with E-state index in [1.54, 1.807) is 45.0 Å². The van der Waals surface area contributed by atoms with Gasteiger partial charge in [-0.15, -0.1) is 0 Å². The molecule has 0 radical (unpaired) electrons. The van der Waals surface area contributed by atoms with Crippen molar-refractivity contribution in [1.29, 1.82) is 0 Å². The van der Waals surface area contributed by atoms with E-state index in [0.717, 1.165) is 11.3 Å². The zero-order valence-corrected chi connectivity index (χ0v) is 24.0. The summed E-state index contributed by atoms with van der Waals surface area (Å²) in [6, 6.07) is 15.0. The van der Waals surface area contributed by atoms with E-state index in [9.17, 15) is 19.7 Å². The zero-order chi connectivity index (χ0) is 29.4. The normalized spacial score (nSPS) is 15.0. The van der Waals surface area contributed by atoms with Crippen molar-refractivity contribution in [2.75, 3.05) is 25.6 Å². The van der Waals surface area contributed by atoms with E-state index in [0.29, 0.717) is 43.3 Å². The molecule has 0 aliphatic carbocycles. The fourth-order valence-electron chi connectivity index (χ4n) is 4.80. The van der Waals surface area contributed by atoms with E-state index in [-0.39, 0.29) is 17.9 Å². The molecule has 1 aliphatic rings. The van der Waals surface area contributed by atoms with Crippen molar-refractivity contribution in [2.45, 2.75) is 26.8 Å². The van der Waals surface area contributed by atoms with Gasteiger partial charge in [0.05, 0.1) is 33.4 Å². The lowest BCUT2D eigenvalue weighted by Gasteiger charge is -2.25. The molecule has 4 aromatic rings. The Labute approximate surface area is 239 Å². The van der Waals surface area contributed by atoms with E-state index in [1.807, 2.05) is 43.3 Å². The molecule has 11 heteroatoms. The van der Waals surface area contributed by atoms with Gasteiger partial charge < -0.3 is 14.1 Å². The topological polar surface area (TPSA) is 120 Å². The molecule has 3 heterocycles. The number of ether oxygens (including phenoxy) is 1. The average Bonchev–Trinajstić information content (AvgIpc) is 3.52. The number of esters is 1. The number of carbonyl (C=O) groups is 1. The second-order valence-corrected chi connectivity index (χ2v) is 10.8. The number of thiazole rings is 1. The summed E-state index contributed by atoms with van der Waals surface area (Å²) < 4.78 is 13.3. The van der Waals surface area contributed by atoms with E-state index in [1.165, 1.54) is 28.0 Å². The number of allylic oxidation sites excluding steroid dienone is 1. The van der Waals surface area contributed by atoms with Crippen LogP contribution in [0, 0.1) is 17.0 Å². The fourth-order valence-corrected chi connectivity index (χ4v) is 5.83. The van der Waals surface area contributed by atoms with Gasteiger partial charge in [-0.3, -0.25) is 19.5 Å². The summed E-state index contributed by atoms with van der Waals surface area (Å²) in [7, 11) is 3.88. The zero-order valence-electron chi connectivity index (χ0n) is 23.2. The van der Waals surface area contributed by atoms with Crippen LogP contribution in [-0.4, -0.2) is 36.2 Å². The van der Waals surface area contributed by atoms with Gasteiger partial charge in [-0.05, 0) is 62.2 Å². The summed E-state index contributed by atoms with van der Waals surface area (Å²) in [5.74, 6) is 0.450. The molecule has 1 aliphatic heterocycles. The van der Waals surface area contributed by atoms with Gasteiger partial charge in [-0.25, -0.2) is 9.79 Å². The highest BCUT2D eigenvalue weighted by Crippen LogP contribution is 2.32. The average molecular weight is 573 g/mol. The van der Waals surface area contributed by atoms with Crippen molar-refractivity contribution in [3.8, 4) is 11.3 Å². The minimum absolute atomic E-state index is 0.00234. The minimum Gasteiger partial charge on any atom is -0.463 e. The van der Waals surface area contributed by atoms with Crippen LogP contribution >= 0.6 is 11.3 Å². The van der Waals surface area contributed by atoms with Crippen LogP contribution in [0.3, 0.4) is 0 Å². The minimum atomic E-state index is -0.710. The number of hydrogen-bond acceptors (Lipinski definition) is 9. The van der Waals surface area contributed by atoms with Gasteiger partial charge in [0.25, 0.3) is 11.2 Å². The largest absolute Gasteiger partial charge is 0.463 e. The highest BCUT2D eigenvalue weighted by Gasteiger charge is 2.33. The first-order valence-corrected chi connectivity index (χ1v) is 13.7. The van der Waals surface area contributed by atoms with Crippen LogP contribution in [0.15, 0.2) is 80.1 Å². The number of benzene rings is 2. The standard InChI is InChI=1S/C30H28N4O6S/c1-6-39-29(36)26-18(3)31-30-33(27(26)19-7-9-20(10-8-19)32(4)5)28(35)25(41-30)16-22-12-14-24(40-22)23-13-11-21(34(37)38)15-17(23)2/h7-16,27H,6H2,1-5H3/b25-16-/t27-/m0/s1. The van der Waals surface area contributed by atoms with Gasteiger partial charge in [-0.1, -0.05) is 23.5 Å². The summed E-state index contributed by atoms with van der Waals surface area (Å²) in [6.45, 7) is 5.45. The Kier molecular flexibility index (Phi) is 7.46. The van der Waals surface area contributed by atoms with Crippen LogP contribution in [0.1, 0.15) is 36.8 Å². The number of carbonyl (C=O) groups excluding carboxylic acids is 1. The second kappa shape index (κ2) is 11.0. The van der Waals surface area contributed by atoms with E-state index in [2.05, 4.69) is 4.99 Å². The van der Waals surface area contributed by atoms with Gasteiger partial charge in [0.1, 0.15) is 11.5 Å². The summed E-state index contributed by atoms with van der Waals surface area (Å²) in [6.07, 6.45) is 1.64. The predicted molar refractivity (Wildman–Crippen MR) is 157 cm³/mol. The Bertz CT molecular complexity index is 1880. The smallest absolute Gasteiger partial charge is 0.338 e. The third-order valence-corrected chi connectivity index (χ3v) is 7.81. The highest BCUT2D eigenvalue weighted by molar-refractivity contribution is 7.07. The Morgan fingerprint density at radius 3 is 2.54 bits per heavy atom. The number of non-ortho nitro benzene ring substituents is 1. The van der Waals surface area contributed by atoms with Crippen molar-refractivity contribution in [2.24, 2.45) is 4.99 Å². The van der Waals surface area contributed by atoms with Gasteiger partial charge in [0, 0.05) is 43.6 Å². The molecule has 2 aromatic carbocycles. The maximum absolute atomic E-state index is 13.8. The SMILES string of the molecule is CCOC(=O)C1=C(C)N=c2s/c(=C\c3ccc(-c4ccc([N+](=O)[O-])cc4C)o3)c(=O)n2[C@H]1c1ccc(N(C)C)cc1. The Morgan fingerprint density at radius 1 is 1.17 bits per heavy atom. The molecule has 0 unspecified atom stereocenters. The first-order chi connectivity index (χ1) is 19.6. The molecule has 0 spiro atoms. The summed E-state index contributed by atoms with van der Waals surface area (Å²) in [5, 5.41) is 11.1. The van der Waals surface area contributed by atoms with Gasteiger partial charge in [0.2, 0.25) is 0 Å². The number of nitro benzene ring substituents is 1. The van der Waals surface area contributed by atoms with Crippen molar-refractivity contribution in [3.63, 3.8) is 0 Å². The molecule has 210 valence electrons. The lowest BCUT2D eigenvalue weighted by Crippen LogP contribution is -2.39. The third-order valence-electron chi connectivity index (χ3n) is 6.83. The van der Waals surface area contributed by atoms with Crippen LogP contribution in [0.2, 0.25) is 0 Å². The maximum Gasteiger partial charge on any atom is 0.338 e. The molecule has 0 saturated carbocycles. The fraction of sp³-hybridized carbons (Fsp3) is 0.233. The first-order valence-electron chi connectivity index (χ1n) is 12.9. The quantitative estimate of drug-likeness (QED) is 0.184. The molecule has 5 rings (SSSR count). The second-order valence-electron chi connectivity index (χ2n) is 9.75. The summed E-state index contributed by atoms with van der Waals surface area (Å²) in [4.78, 5) is 44.6. The van der Waals surface area contributed by atoms with Crippen LogP contribution in [0.4, 0.5) is 11.4 Å².